The largest absolute Gasteiger partial charge is 0.378 e. The summed E-state index contributed by atoms with van der Waals surface area (Å²) in [5.41, 5.74) is 1.75. The number of benzene rings is 1. The number of rotatable bonds is 5. The molecule has 3 aliphatic carbocycles. The van der Waals surface area contributed by atoms with E-state index in [4.69, 9.17) is 4.74 Å². The summed E-state index contributed by atoms with van der Waals surface area (Å²) >= 11 is 0. The molecule has 1 N–H and O–H groups in total. The van der Waals surface area contributed by atoms with Crippen molar-refractivity contribution in [3.8, 4) is 0 Å². The SMILES string of the molecule is CCO[C@@H]1C[C@@H](NC2CC(c3ccc(F)cc3)C2)C12CCC2. The van der Waals surface area contributed by atoms with Crippen molar-refractivity contribution >= 4 is 0 Å². The molecule has 0 amide bonds. The molecule has 120 valence electrons. The quantitative estimate of drug-likeness (QED) is 0.887. The summed E-state index contributed by atoms with van der Waals surface area (Å²) in [7, 11) is 0. The van der Waals surface area contributed by atoms with E-state index in [1.807, 2.05) is 12.1 Å². The van der Waals surface area contributed by atoms with E-state index in [-0.39, 0.29) is 5.82 Å². The van der Waals surface area contributed by atoms with Crippen molar-refractivity contribution in [3.05, 3.63) is 35.6 Å². The molecule has 2 nitrogen and oxygen atoms in total. The van der Waals surface area contributed by atoms with Crippen LogP contribution in [0.4, 0.5) is 4.39 Å². The molecule has 0 heterocycles. The maximum absolute atomic E-state index is 13.0. The van der Waals surface area contributed by atoms with Crippen molar-refractivity contribution in [1.82, 2.24) is 5.32 Å². The lowest BCUT2D eigenvalue weighted by molar-refractivity contribution is -0.176. The van der Waals surface area contributed by atoms with Crippen LogP contribution < -0.4 is 5.32 Å². The molecule has 0 saturated heterocycles. The zero-order valence-electron chi connectivity index (χ0n) is 13.4. The van der Waals surface area contributed by atoms with Gasteiger partial charge < -0.3 is 10.1 Å². The van der Waals surface area contributed by atoms with Gasteiger partial charge in [-0.15, -0.1) is 0 Å². The Morgan fingerprint density at radius 2 is 1.91 bits per heavy atom. The van der Waals surface area contributed by atoms with Gasteiger partial charge in [0.1, 0.15) is 5.82 Å². The van der Waals surface area contributed by atoms with Gasteiger partial charge in [0.05, 0.1) is 6.10 Å². The third kappa shape index (κ3) is 2.30. The van der Waals surface area contributed by atoms with Crippen LogP contribution in [0.15, 0.2) is 24.3 Å². The van der Waals surface area contributed by atoms with Crippen molar-refractivity contribution in [2.75, 3.05) is 6.61 Å². The maximum atomic E-state index is 13.0. The van der Waals surface area contributed by atoms with Gasteiger partial charge in [-0.1, -0.05) is 18.6 Å². The van der Waals surface area contributed by atoms with E-state index >= 15 is 0 Å². The minimum Gasteiger partial charge on any atom is -0.378 e. The Hall–Kier alpha value is -0.930. The third-order valence-electron chi connectivity index (χ3n) is 6.35. The Balaban J connectivity index is 1.29. The summed E-state index contributed by atoms with van der Waals surface area (Å²) in [5, 5.41) is 3.89. The second-order valence-electron chi connectivity index (χ2n) is 7.40. The van der Waals surface area contributed by atoms with Crippen LogP contribution in [-0.4, -0.2) is 24.8 Å². The number of nitrogens with one attached hydrogen (secondary N) is 1. The predicted octanol–water partition coefficient (Wildman–Crippen LogP) is 4.01. The van der Waals surface area contributed by atoms with Crippen LogP contribution in [0.3, 0.4) is 0 Å². The van der Waals surface area contributed by atoms with E-state index in [1.165, 1.54) is 44.1 Å². The fourth-order valence-corrected chi connectivity index (χ4v) is 4.72. The highest BCUT2D eigenvalue weighted by atomic mass is 19.1. The molecule has 4 rings (SSSR count). The monoisotopic (exact) mass is 303 g/mol. The van der Waals surface area contributed by atoms with Gasteiger partial charge in [-0.25, -0.2) is 4.39 Å². The summed E-state index contributed by atoms with van der Waals surface area (Å²) in [4.78, 5) is 0. The topological polar surface area (TPSA) is 21.3 Å². The lowest BCUT2D eigenvalue weighted by Crippen LogP contribution is -2.69. The van der Waals surface area contributed by atoms with Gasteiger partial charge in [-0.2, -0.15) is 0 Å². The van der Waals surface area contributed by atoms with E-state index in [1.54, 1.807) is 12.1 Å². The van der Waals surface area contributed by atoms with Gasteiger partial charge in [-0.05, 0) is 62.6 Å². The number of ether oxygens (including phenoxy) is 1. The van der Waals surface area contributed by atoms with Crippen molar-refractivity contribution in [3.63, 3.8) is 0 Å². The van der Waals surface area contributed by atoms with Crippen molar-refractivity contribution < 1.29 is 9.13 Å². The van der Waals surface area contributed by atoms with Crippen molar-refractivity contribution in [1.29, 1.82) is 0 Å². The summed E-state index contributed by atoms with van der Waals surface area (Å²) in [6.45, 7) is 2.95. The minimum absolute atomic E-state index is 0.138. The summed E-state index contributed by atoms with van der Waals surface area (Å²) < 4.78 is 18.9. The second-order valence-corrected chi connectivity index (χ2v) is 7.40. The first kappa shape index (κ1) is 14.6. The van der Waals surface area contributed by atoms with Gasteiger partial charge in [-0.3, -0.25) is 0 Å². The smallest absolute Gasteiger partial charge is 0.123 e. The van der Waals surface area contributed by atoms with Gasteiger partial charge in [0.15, 0.2) is 0 Å². The molecule has 0 bridgehead atoms. The average Bonchev–Trinajstić information content (AvgIpc) is 2.39. The zero-order chi connectivity index (χ0) is 15.2. The highest BCUT2D eigenvalue weighted by Crippen LogP contribution is 2.57. The van der Waals surface area contributed by atoms with E-state index in [9.17, 15) is 4.39 Å². The van der Waals surface area contributed by atoms with E-state index in [0.717, 1.165) is 6.61 Å². The highest BCUT2D eigenvalue weighted by molar-refractivity contribution is 5.24. The molecule has 1 spiro atoms. The summed E-state index contributed by atoms with van der Waals surface area (Å²) in [6.07, 6.45) is 8.11. The van der Waals surface area contributed by atoms with E-state index in [0.29, 0.717) is 29.5 Å². The minimum atomic E-state index is -0.138. The summed E-state index contributed by atoms with van der Waals surface area (Å²) in [6, 6.07) is 8.35. The van der Waals surface area contributed by atoms with E-state index in [2.05, 4.69) is 12.2 Å². The Labute approximate surface area is 132 Å². The predicted molar refractivity (Wildman–Crippen MR) is 85.4 cm³/mol. The maximum Gasteiger partial charge on any atom is 0.123 e. The number of halogens is 1. The Bertz CT molecular complexity index is 519. The Kier molecular flexibility index (Phi) is 3.74. The first-order chi connectivity index (χ1) is 10.7. The number of hydrogen-bond acceptors (Lipinski definition) is 2. The van der Waals surface area contributed by atoms with Crippen molar-refractivity contribution in [2.45, 2.75) is 69.6 Å². The lowest BCUT2D eigenvalue weighted by Gasteiger charge is -2.62. The normalized spacial score (nSPS) is 35.5. The Morgan fingerprint density at radius 3 is 2.50 bits per heavy atom. The van der Waals surface area contributed by atoms with E-state index < -0.39 is 0 Å². The van der Waals surface area contributed by atoms with Gasteiger partial charge in [0, 0.05) is 24.1 Å². The van der Waals surface area contributed by atoms with Gasteiger partial charge in [0.2, 0.25) is 0 Å². The molecule has 3 fully saturated rings. The molecule has 1 aromatic rings. The highest BCUT2D eigenvalue weighted by Gasteiger charge is 2.59. The molecule has 22 heavy (non-hydrogen) atoms. The first-order valence-corrected chi connectivity index (χ1v) is 8.84. The molecule has 3 saturated carbocycles. The molecule has 0 aromatic heterocycles. The van der Waals surface area contributed by atoms with Gasteiger partial charge in [0.25, 0.3) is 0 Å². The van der Waals surface area contributed by atoms with Crippen LogP contribution in [0.25, 0.3) is 0 Å². The molecule has 3 heteroatoms. The van der Waals surface area contributed by atoms with Crippen LogP contribution in [0.5, 0.6) is 0 Å². The molecular formula is C19H26FNO. The molecule has 3 aliphatic rings. The van der Waals surface area contributed by atoms with Crippen LogP contribution in [0, 0.1) is 11.2 Å². The molecule has 0 aliphatic heterocycles. The molecular weight excluding hydrogens is 277 g/mol. The first-order valence-electron chi connectivity index (χ1n) is 8.84. The third-order valence-corrected chi connectivity index (χ3v) is 6.35. The Morgan fingerprint density at radius 1 is 1.18 bits per heavy atom. The zero-order valence-corrected chi connectivity index (χ0v) is 13.4. The standard InChI is InChI=1S/C19H26FNO/c1-2-22-18-12-17(19(18)8-3-9-19)21-16-10-14(11-16)13-4-6-15(20)7-5-13/h4-7,14,16-18,21H,2-3,8-12H2,1H3/t14?,16?,17-,18-/m1/s1. The molecule has 1 aromatic carbocycles. The molecule has 2 atom stereocenters. The molecule has 0 unspecified atom stereocenters. The lowest BCUT2D eigenvalue weighted by atomic mass is 9.50. The second kappa shape index (κ2) is 5.61. The van der Waals surface area contributed by atoms with Crippen LogP contribution in [-0.2, 0) is 4.74 Å². The van der Waals surface area contributed by atoms with Crippen LogP contribution in [0.2, 0.25) is 0 Å². The van der Waals surface area contributed by atoms with Crippen LogP contribution in [0.1, 0.15) is 56.9 Å². The average molecular weight is 303 g/mol. The van der Waals surface area contributed by atoms with Crippen LogP contribution >= 0.6 is 0 Å². The summed E-state index contributed by atoms with van der Waals surface area (Å²) in [5.74, 6) is 0.472. The van der Waals surface area contributed by atoms with Gasteiger partial charge >= 0.3 is 0 Å². The fourth-order valence-electron chi connectivity index (χ4n) is 4.72. The van der Waals surface area contributed by atoms with Crippen molar-refractivity contribution in [2.24, 2.45) is 5.41 Å². The molecule has 0 radical (unpaired) electrons. The number of hydrogen-bond donors (Lipinski definition) is 1. The fraction of sp³-hybridized carbons (Fsp3) is 0.684.